The highest BCUT2D eigenvalue weighted by molar-refractivity contribution is 8.14. The van der Waals surface area contributed by atoms with Crippen molar-refractivity contribution in [1.82, 2.24) is 0 Å². The zero-order chi connectivity index (χ0) is 6.69. The van der Waals surface area contributed by atoms with Gasteiger partial charge in [-0.25, -0.2) is 0 Å². The molecule has 1 heteroatoms. The van der Waals surface area contributed by atoms with Gasteiger partial charge in [0.05, 0.1) is 0 Å². The molecule has 2 atom stereocenters. The van der Waals surface area contributed by atoms with Crippen LogP contribution in [0, 0.1) is 0 Å². The largest absolute Gasteiger partial charge is 0.193 e. The van der Waals surface area contributed by atoms with Crippen LogP contribution in [0.25, 0.3) is 0 Å². The number of hydrogen-bond donors (Lipinski definition) is 0. The zero-order valence-corrected chi connectivity index (χ0v) is 6.79. The topological polar surface area (TPSA) is 0 Å². The molecule has 0 saturated carbocycles. The van der Waals surface area contributed by atoms with Crippen LogP contribution < -0.4 is 0 Å². The van der Waals surface area contributed by atoms with Gasteiger partial charge in [0.15, 0.2) is 0 Å². The molecule has 1 rings (SSSR count). The van der Waals surface area contributed by atoms with Gasteiger partial charge in [-0.15, -0.1) is 0 Å². The Morgan fingerprint density at radius 2 is 2.33 bits per heavy atom. The van der Waals surface area contributed by atoms with Crippen LogP contribution in [0.3, 0.4) is 0 Å². The maximum atomic E-state index is 4.06. The van der Waals surface area contributed by atoms with Crippen LogP contribution >= 0.6 is 10.5 Å². The molecule has 0 fully saturated rings. The van der Waals surface area contributed by atoms with Gasteiger partial charge in [0, 0.05) is 5.25 Å². The summed E-state index contributed by atoms with van der Waals surface area (Å²) in [4.78, 5) is 0. The molecule has 1 aliphatic rings. The smallest absolute Gasteiger partial charge is 0.00268 e. The first-order valence-corrected chi connectivity index (χ1v) is 5.26. The van der Waals surface area contributed by atoms with Crippen molar-refractivity contribution in [2.75, 3.05) is 6.26 Å². The number of allylic oxidation sites excluding steroid dienone is 2. The van der Waals surface area contributed by atoms with Crippen molar-refractivity contribution in [2.45, 2.75) is 24.5 Å². The van der Waals surface area contributed by atoms with Crippen molar-refractivity contribution < 1.29 is 0 Å². The van der Waals surface area contributed by atoms with E-state index in [-0.39, 0.29) is 0 Å². The molecule has 0 radical (unpaired) electrons. The molecule has 0 saturated heterocycles. The van der Waals surface area contributed by atoms with Crippen LogP contribution in [0.15, 0.2) is 12.2 Å². The fraction of sp³-hybridized carbons (Fsp3) is 0.625. The first-order chi connectivity index (χ1) is 4.30. The molecule has 0 aromatic carbocycles. The lowest BCUT2D eigenvalue weighted by atomic mass is 10.1. The first kappa shape index (κ1) is 7.07. The van der Waals surface area contributed by atoms with Crippen molar-refractivity contribution in [3.05, 3.63) is 12.2 Å². The van der Waals surface area contributed by atoms with Crippen LogP contribution in [0.4, 0.5) is 0 Å². The Bertz CT molecular complexity index is 136. The van der Waals surface area contributed by atoms with Gasteiger partial charge in [-0.1, -0.05) is 18.0 Å². The zero-order valence-electron chi connectivity index (χ0n) is 5.97. The normalized spacial score (nSPS) is 30.1. The molecular formula is C8H14S. The first-order valence-electron chi connectivity index (χ1n) is 3.40. The van der Waals surface area contributed by atoms with Crippen molar-refractivity contribution in [2.24, 2.45) is 0 Å². The minimum Gasteiger partial charge on any atom is -0.193 e. The Kier molecular flexibility index (Phi) is 2.52. The predicted molar refractivity (Wildman–Crippen MR) is 47.4 cm³/mol. The van der Waals surface area contributed by atoms with Gasteiger partial charge in [-0.2, -0.15) is 10.5 Å². The summed E-state index contributed by atoms with van der Waals surface area (Å²) in [6.07, 6.45) is 10.7. The third-order valence-corrected chi connectivity index (χ3v) is 3.36. The van der Waals surface area contributed by atoms with E-state index in [9.17, 15) is 0 Å². The monoisotopic (exact) mass is 142 g/mol. The highest BCUT2D eigenvalue weighted by Gasteiger charge is 2.07. The third kappa shape index (κ3) is 1.98. The van der Waals surface area contributed by atoms with Crippen molar-refractivity contribution >= 4 is 16.4 Å². The summed E-state index contributed by atoms with van der Waals surface area (Å²) < 4.78 is 0. The maximum absolute atomic E-state index is 4.06. The highest BCUT2D eigenvalue weighted by Crippen LogP contribution is 2.25. The Morgan fingerprint density at radius 3 is 2.67 bits per heavy atom. The predicted octanol–water partition coefficient (Wildman–Crippen LogP) is 2.43. The van der Waals surface area contributed by atoms with Crippen LogP contribution in [0.2, 0.25) is 0 Å². The van der Waals surface area contributed by atoms with E-state index in [0.29, 0.717) is 10.5 Å². The SMILES string of the molecule is C=S(C)C1CC=CCC1. The molecule has 0 bridgehead atoms. The summed E-state index contributed by atoms with van der Waals surface area (Å²) in [5.41, 5.74) is 0. The summed E-state index contributed by atoms with van der Waals surface area (Å²) in [5, 5.41) is 0.884. The average Bonchev–Trinajstić information content (AvgIpc) is 1.90. The van der Waals surface area contributed by atoms with Gasteiger partial charge in [0.2, 0.25) is 0 Å². The minimum atomic E-state index is 0.397. The lowest BCUT2D eigenvalue weighted by Gasteiger charge is -2.17. The summed E-state index contributed by atoms with van der Waals surface area (Å²) in [6, 6.07) is 0. The van der Waals surface area contributed by atoms with E-state index in [1.54, 1.807) is 0 Å². The van der Waals surface area contributed by atoms with Gasteiger partial charge in [-0.3, -0.25) is 0 Å². The lowest BCUT2D eigenvalue weighted by Crippen LogP contribution is -2.04. The molecule has 0 N–H and O–H groups in total. The summed E-state index contributed by atoms with van der Waals surface area (Å²) in [6.45, 7) is 0. The summed E-state index contributed by atoms with van der Waals surface area (Å²) in [5.74, 6) is 4.06. The van der Waals surface area contributed by atoms with Crippen LogP contribution in [0.1, 0.15) is 19.3 Å². The Morgan fingerprint density at radius 1 is 1.56 bits per heavy atom. The second kappa shape index (κ2) is 3.21. The average molecular weight is 142 g/mol. The van der Waals surface area contributed by atoms with Gasteiger partial charge in [0.25, 0.3) is 0 Å². The van der Waals surface area contributed by atoms with Gasteiger partial charge in [-0.05, 0) is 25.5 Å². The van der Waals surface area contributed by atoms with Crippen molar-refractivity contribution in [1.29, 1.82) is 0 Å². The molecule has 0 nitrogen and oxygen atoms in total. The molecule has 0 aromatic heterocycles. The standard InChI is InChI=1S/C8H14S/c1-9(2)8-6-4-3-5-7-8/h3-4,8H,1,5-7H2,2H3. The second-order valence-electron chi connectivity index (χ2n) is 2.60. The number of rotatable bonds is 1. The molecule has 1 aliphatic carbocycles. The quantitative estimate of drug-likeness (QED) is 0.389. The van der Waals surface area contributed by atoms with E-state index in [1.165, 1.54) is 19.3 Å². The molecule has 52 valence electrons. The van der Waals surface area contributed by atoms with Crippen LogP contribution in [0.5, 0.6) is 0 Å². The molecule has 0 heterocycles. The van der Waals surface area contributed by atoms with E-state index < -0.39 is 0 Å². The summed E-state index contributed by atoms with van der Waals surface area (Å²) >= 11 is 0. The maximum Gasteiger partial charge on any atom is 0.00268 e. The van der Waals surface area contributed by atoms with E-state index >= 15 is 0 Å². The molecule has 0 amide bonds. The molecule has 9 heavy (non-hydrogen) atoms. The van der Waals surface area contributed by atoms with E-state index in [4.69, 9.17) is 0 Å². The van der Waals surface area contributed by atoms with Crippen molar-refractivity contribution in [3.8, 4) is 0 Å². The van der Waals surface area contributed by atoms with E-state index in [1.807, 2.05) is 0 Å². The van der Waals surface area contributed by atoms with Crippen molar-refractivity contribution in [3.63, 3.8) is 0 Å². The van der Waals surface area contributed by atoms with E-state index in [2.05, 4.69) is 24.3 Å². The van der Waals surface area contributed by atoms with Gasteiger partial charge >= 0.3 is 0 Å². The Labute approximate surface area is 59.9 Å². The Hall–Kier alpha value is -0.0400. The lowest BCUT2D eigenvalue weighted by molar-refractivity contribution is 0.749. The molecule has 2 unspecified atom stereocenters. The fourth-order valence-corrected chi connectivity index (χ4v) is 2.11. The molecular weight excluding hydrogens is 128 g/mol. The fourth-order valence-electron chi connectivity index (χ4n) is 1.13. The second-order valence-corrected chi connectivity index (χ2v) is 4.65. The molecule has 0 spiro atoms. The van der Waals surface area contributed by atoms with Crippen LogP contribution in [-0.4, -0.2) is 17.4 Å². The minimum absolute atomic E-state index is 0.397. The van der Waals surface area contributed by atoms with E-state index in [0.717, 1.165) is 5.25 Å². The van der Waals surface area contributed by atoms with Gasteiger partial charge in [0.1, 0.15) is 0 Å². The Balaban J connectivity index is 2.44. The molecule has 0 aromatic rings. The highest BCUT2D eigenvalue weighted by atomic mass is 32.2. The van der Waals surface area contributed by atoms with Gasteiger partial charge < -0.3 is 0 Å². The molecule has 0 aliphatic heterocycles. The third-order valence-electron chi connectivity index (χ3n) is 1.79. The number of hydrogen-bond acceptors (Lipinski definition) is 0. The van der Waals surface area contributed by atoms with Crippen LogP contribution in [-0.2, 0) is 0 Å². The summed E-state index contributed by atoms with van der Waals surface area (Å²) in [7, 11) is 0.397.